The molecule has 1 aromatic carbocycles. The highest BCUT2D eigenvalue weighted by Gasteiger charge is 2.12. The predicted molar refractivity (Wildman–Crippen MR) is 157 cm³/mol. The van der Waals surface area contributed by atoms with E-state index in [0.717, 1.165) is 41.4 Å². The quantitative estimate of drug-likeness (QED) is 0.165. The molecular formula is C33H40N4. The van der Waals surface area contributed by atoms with Crippen molar-refractivity contribution < 1.29 is 0 Å². The number of benzene rings is 1. The zero-order valence-electron chi connectivity index (χ0n) is 22.4. The van der Waals surface area contributed by atoms with Gasteiger partial charge in [-0.05, 0) is 72.5 Å². The second-order valence-electron chi connectivity index (χ2n) is 9.71. The van der Waals surface area contributed by atoms with Crippen LogP contribution in [0.25, 0.3) is 33.9 Å². The van der Waals surface area contributed by atoms with Gasteiger partial charge in [0.1, 0.15) is 0 Å². The summed E-state index contributed by atoms with van der Waals surface area (Å²) in [5, 5.41) is 0. The first-order valence-corrected chi connectivity index (χ1v) is 14.0. The van der Waals surface area contributed by atoms with Crippen molar-refractivity contribution >= 4 is 5.69 Å². The van der Waals surface area contributed by atoms with Crippen molar-refractivity contribution in [3.8, 4) is 33.9 Å². The molecule has 0 aliphatic carbocycles. The van der Waals surface area contributed by atoms with E-state index in [0.29, 0.717) is 0 Å². The first-order chi connectivity index (χ1) is 18.3. The van der Waals surface area contributed by atoms with E-state index in [1.165, 1.54) is 62.6 Å². The van der Waals surface area contributed by atoms with Crippen molar-refractivity contribution in [2.24, 2.45) is 0 Å². The van der Waals surface area contributed by atoms with Gasteiger partial charge in [-0.15, -0.1) is 0 Å². The fraction of sp³-hybridized carbons (Fsp3) is 0.364. The summed E-state index contributed by atoms with van der Waals surface area (Å²) in [6.07, 6.45) is 14.0. The van der Waals surface area contributed by atoms with Gasteiger partial charge in [0.25, 0.3) is 0 Å². The molecule has 3 aromatic heterocycles. The molecule has 0 atom stereocenters. The summed E-state index contributed by atoms with van der Waals surface area (Å²) in [4.78, 5) is 16.6. The van der Waals surface area contributed by atoms with Crippen molar-refractivity contribution in [3.05, 3.63) is 85.2 Å². The second kappa shape index (κ2) is 14.3. The molecule has 0 saturated carbocycles. The maximum Gasteiger partial charge on any atom is 0.0900 e. The number of hydrogen-bond donors (Lipinski definition) is 0. The van der Waals surface area contributed by atoms with Crippen LogP contribution in [0.1, 0.15) is 65.2 Å². The number of nitrogens with zero attached hydrogens (tertiary/aromatic N) is 4. The molecule has 0 fully saturated rings. The van der Waals surface area contributed by atoms with Gasteiger partial charge in [0.2, 0.25) is 0 Å². The molecule has 4 rings (SSSR count). The van der Waals surface area contributed by atoms with Crippen molar-refractivity contribution in [1.29, 1.82) is 0 Å². The average Bonchev–Trinajstić information content (AvgIpc) is 2.97. The van der Waals surface area contributed by atoms with E-state index in [1.807, 2.05) is 48.8 Å². The van der Waals surface area contributed by atoms with Gasteiger partial charge in [0.05, 0.1) is 22.8 Å². The van der Waals surface area contributed by atoms with Crippen LogP contribution in [-0.4, -0.2) is 28.0 Å². The van der Waals surface area contributed by atoms with Gasteiger partial charge < -0.3 is 4.90 Å². The number of anilines is 1. The van der Waals surface area contributed by atoms with Gasteiger partial charge in [-0.2, -0.15) is 0 Å². The normalized spacial score (nSPS) is 11.0. The third-order valence-electron chi connectivity index (χ3n) is 6.81. The molecule has 37 heavy (non-hydrogen) atoms. The minimum Gasteiger partial charge on any atom is -0.372 e. The average molecular weight is 493 g/mol. The summed E-state index contributed by atoms with van der Waals surface area (Å²) < 4.78 is 0. The first kappa shape index (κ1) is 26.5. The second-order valence-corrected chi connectivity index (χ2v) is 9.71. The molecule has 0 amide bonds. The Balaban J connectivity index is 1.61. The van der Waals surface area contributed by atoms with Gasteiger partial charge in [0.15, 0.2) is 0 Å². The van der Waals surface area contributed by atoms with E-state index in [-0.39, 0.29) is 0 Å². The molecule has 0 aliphatic heterocycles. The van der Waals surface area contributed by atoms with Crippen LogP contribution in [0, 0.1) is 0 Å². The number of aromatic nitrogens is 3. The van der Waals surface area contributed by atoms with Gasteiger partial charge in [0, 0.05) is 31.2 Å². The highest BCUT2D eigenvalue weighted by atomic mass is 15.1. The van der Waals surface area contributed by atoms with Crippen LogP contribution in [0.4, 0.5) is 5.69 Å². The Morgan fingerprint density at radius 2 is 1.08 bits per heavy atom. The Labute approximate surface area is 222 Å². The molecule has 0 unspecified atom stereocenters. The van der Waals surface area contributed by atoms with Crippen molar-refractivity contribution in [2.45, 2.75) is 65.2 Å². The molecule has 0 saturated heterocycles. The summed E-state index contributed by atoms with van der Waals surface area (Å²) in [5.41, 5.74) is 7.07. The fourth-order valence-corrected chi connectivity index (χ4v) is 4.68. The minimum absolute atomic E-state index is 0.858. The van der Waals surface area contributed by atoms with Crippen molar-refractivity contribution in [2.75, 3.05) is 18.0 Å². The van der Waals surface area contributed by atoms with Gasteiger partial charge in [-0.3, -0.25) is 9.97 Å². The lowest BCUT2D eigenvalue weighted by atomic mass is 10.0. The van der Waals surface area contributed by atoms with Crippen LogP contribution in [0.2, 0.25) is 0 Å². The lowest BCUT2D eigenvalue weighted by Gasteiger charge is -2.25. The summed E-state index contributed by atoms with van der Waals surface area (Å²) in [7, 11) is 0. The Morgan fingerprint density at radius 3 is 1.54 bits per heavy atom. The molecule has 0 spiro atoms. The minimum atomic E-state index is 0.858. The van der Waals surface area contributed by atoms with E-state index in [9.17, 15) is 0 Å². The van der Waals surface area contributed by atoms with Crippen LogP contribution >= 0.6 is 0 Å². The highest BCUT2D eigenvalue weighted by Crippen LogP contribution is 2.30. The molecule has 0 aliphatic rings. The first-order valence-electron chi connectivity index (χ1n) is 14.0. The van der Waals surface area contributed by atoms with Crippen LogP contribution in [0.5, 0.6) is 0 Å². The monoisotopic (exact) mass is 492 g/mol. The fourth-order valence-electron chi connectivity index (χ4n) is 4.68. The molecule has 4 nitrogen and oxygen atoms in total. The van der Waals surface area contributed by atoms with Crippen molar-refractivity contribution in [1.82, 2.24) is 15.0 Å². The van der Waals surface area contributed by atoms with E-state index < -0.39 is 0 Å². The number of rotatable bonds is 14. The molecule has 4 aromatic rings. The van der Waals surface area contributed by atoms with E-state index in [2.05, 4.69) is 65.1 Å². The van der Waals surface area contributed by atoms with Gasteiger partial charge >= 0.3 is 0 Å². The largest absolute Gasteiger partial charge is 0.372 e. The highest BCUT2D eigenvalue weighted by molar-refractivity contribution is 5.75. The Bertz CT molecular complexity index is 1120. The topological polar surface area (TPSA) is 41.9 Å². The van der Waals surface area contributed by atoms with Crippen LogP contribution in [0.3, 0.4) is 0 Å². The van der Waals surface area contributed by atoms with Crippen molar-refractivity contribution in [3.63, 3.8) is 0 Å². The maximum absolute atomic E-state index is 4.91. The zero-order valence-corrected chi connectivity index (χ0v) is 22.4. The summed E-state index contributed by atoms with van der Waals surface area (Å²) in [6, 6.07) is 25.2. The van der Waals surface area contributed by atoms with Gasteiger partial charge in [-0.25, -0.2) is 4.98 Å². The summed E-state index contributed by atoms with van der Waals surface area (Å²) >= 11 is 0. The van der Waals surface area contributed by atoms with E-state index >= 15 is 0 Å². The third-order valence-corrected chi connectivity index (χ3v) is 6.81. The van der Waals surface area contributed by atoms with E-state index in [4.69, 9.17) is 4.98 Å². The van der Waals surface area contributed by atoms with Gasteiger partial charge in [-0.1, -0.05) is 76.6 Å². The van der Waals surface area contributed by atoms with Crippen LogP contribution in [-0.2, 0) is 0 Å². The summed E-state index contributed by atoms with van der Waals surface area (Å²) in [5.74, 6) is 0. The number of unbranched alkanes of at least 4 members (excludes halogenated alkanes) is 6. The Morgan fingerprint density at radius 1 is 0.541 bits per heavy atom. The lowest BCUT2D eigenvalue weighted by molar-refractivity contribution is 0.609. The molecule has 0 bridgehead atoms. The molecule has 4 heteroatoms. The molecule has 0 radical (unpaired) electrons. The molecule has 192 valence electrons. The molecule has 3 heterocycles. The molecule has 0 N–H and O–H groups in total. The zero-order chi connectivity index (χ0) is 25.7. The SMILES string of the molecule is CCCCCCN(CCCCCC)c1ccc(-c2cc(-c3ccccn3)nc(-c3ccccn3)c2)cc1. The Hall–Kier alpha value is -3.53. The number of pyridine rings is 3. The molecular weight excluding hydrogens is 452 g/mol. The number of hydrogen-bond acceptors (Lipinski definition) is 4. The lowest BCUT2D eigenvalue weighted by Crippen LogP contribution is -2.25. The van der Waals surface area contributed by atoms with Crippen LogP contribution < -0.4 is 4.90 Å². The Kier molecular flexibility index (Phi) is 10.2. The third kappa shape index (κ3) is 7.72. The maximum atomic E-state index is 4.91. The smallest absolute Gasteiger partial charge is 0.0900 e. The van der Waals surface area contributed by atoms with Crippen LogP contribution in [0.15, 0.2) is 85.2 Å². The predicted octanol–water partition coefficient (Wildman–Crippen LogP) is 8.84. The summed E-state index contributed by atoms with van der Waals surface area (Å²) in [6.45, 7) is 6.82. The van der Waals surface area contributed by atoms with E-state index in [1.54, 1.807) is 0 Å². The standard InChI is InChI=1S/C33H40N4/c1-3-5-7-13-23-37(24-14-8-6-4-2)29-19-17-27(18-20-29)28-25-32(30-15-9-11-21-34-30)36-33(26-28)31-16-10-12-22-35-31/h9-12,15-22,25-26H,3-8,13-14,23-24H2,1-2H3.